The number of halogens is 1. The summed E-state index contributed by atoms with van der Waals surface area (Å²) in [4.78, 5) is 0. The van der Waals surface area contributed by atoms with Crippen molar-refractivity contribution in [3.05, 3.63) is 35.1 Å². The van der Waals surface area contributed by atoms with Crippen molar-refractivity contribution in [3.8, 4) is 0 Å². The highest BCUT2D eigenvalue weighted by atomic mass is 19.1. The van der Waals surface area contributed by atoms with Gasteiger partial charge >= 0.3 is 0 Å². The fourth-order valence-electron chi connectivity index (χ4n) is 2.56. The summed E-state index contributed by atoms with van der Waals surface area (Å²) in [7, 11) is 0. The van der Waals surface area contributed by atoms with E-state index in [1.807, 2.05) is 6.07 Å². The molecule has 0 bridgehead atoms. The molecule has 1 aromatic carbocycles. The van der Waals surface area contributed by atoms with Crippen LogP contribution in [-0.4, -0.2) is 6.54 Å². The Hall–Kier alpha value is -0.890. The first-order valence-electron chi connectivity index (χ1n) is 5.87. The third-order valence-corrected chi connectivity index (χ3v) is 3.50. The van der Waals surface area contributed by atoms with Crippen molar-refractivity contribution in [2.75, 3.05) is 6.54 Å². The van der Waals surface area contributed by atoms with Crippen molar-refractivity contribution >= 4 is 0 Å². The molecule has 2 heteroatoms. The van der Waals surface area contributed by atoms with Gasteiger partial charge in [0, 0.05) is 6.04 Å². The van der Waals surface area contributed by atoms with Gasteiger partial charge in [0.2, 0.25) is 0 Å². The van der Waals surface area contributed by atoms with Crippen molar-refractivity contribution in [2.24, 2.45) is 0 Å². The van der Waals surface area contributed by atoms with E-state index in [1.165, 1.54) is 36.8 Å². The lowest BCUT2D eigenvalue weighted by molar-refractivity contribution is 0.610. The van der Waals surface area contributed by atoms with Gasteiger partial charge in [-0.15, -0.1) is 0 Å². The Morgan fingerprint density at radius 2 is 2.00 bits per heavy atom. The Bertz CT molecular complexity index is 365. The quantitative estimate of drug-likeness (QED) is 0.782. The smallest absolute Gasteiger partial charge is 0.123 e. The summed E-state index contributed by atoms with van der Waals surface area (Å²) < 4.78 is 13.2. The summed E-state index contributed by atoms with van der Waals surface area (Å²) in [6.07, 6.45) is 4.92. The standard InChI is InChI=1S/C13H16FN/c14-10-5-6-11(13-2-1-7-15-13)12(8-10)9-3-4-9/h5-6,8-9,13,15H,1-4,7H2. The topological polar surface area (TPSA) is 12.0 Å². The molecule has 2 fully saturated rings. The lowest BCUT2D eigenvalue weighted by Crippen LogP contribution is -2.14. The van der Waals surface area contributed by atoms with Gasteiger partial charge in [-0.05, 0) is 61.4 Å². The van der Waals surface area contributed by atoms with Gasteiger partial charge in [0.1, 0.15) is 5.82 Å². The number of rotatable bonds is 2. The molecule has 1 aliphatic heterocycles. The largest absolute Gasteiger partial charge is 0.310 e. The van der Waals surface area contributed by atoms with Gasteiger partial charge in [-0.3, -0.25) is 0 Å². The molecule has 2 aliphatic rings. The minimum Gasteiger partial charge on any atom is -0.310 e. The molecule has 1 nitrogen and oxygen atoms in total. The van der Waals surface area contributed by atoms with Gasteiger partial charge in [-0.2, -0.15) is 0 Å². The van der Waals surface area contributed by atoms with Crippen molar-refractivity contribution < 1.29 is 4.39 Å². The van der Waals surface area contributed by atoms with Crippen LogP contribution in [0.25, 0.3) is 0 Å². The fraction of sp³-hybridized carbons (Fsp3) is 0.538. The first-order valence-corrected chi connectivity index (χ1v) is 5.87. The normalized spacial score (nSPS) is 25.8. The lowest BCUT2D eigenvalue weighted by Gasteiger charge is -2.15. The maximum absolute atomic E-state index is 13.2. The van der Waals surface area contributed by atoms with Crippen LogP contribution in [0.1, 0.15) is 48.8 Å². The highest BCUT2D eigenvalue weighted by Gasteiger charge is 2.29. The summed E-state index contributed by atoms with van der Waals surface area (Å²) in [5.41, 5.74) is 2.60. The highest BCUT2D eigenvalue weighted by Crippen LogP contribution is 2.44. The third kappa shape index (κ3) is 1.78. The predicted molar refractivity (Wildman–Crippen MR) is 58.4 cm³/mol. The van der Waals surface area contributed by atoms with Crippen LogP contribution in [-0.2, 0) is 0 Å². The van der Waals surface area contributed by atoms with Crippen LogP contribution in [0.3, 0.4) is 0 Å². The van der Waals surface area contributed by atoms with E-state index in [0.717, 1.165) is 6.54 Å². The van der Waals surface area contributed by atoms with Gasteiger partial charge in [0.05, 0.1) is 0 Å². The van der Waals surface area contributed by atoms with Gasteiger partial charge in [0.15, 0.2) is 0 Å². The predicted octanol–water partition coefficient (Wildman–Crippen LogP) is 3.13. The number of hydrogen-bond donors (Lipinski definition) is 1. The van der Waals surface area contributed by atoms with E-state index in [2.05, 4.69) is 5.32 Å². The Morgan fingerprint density at radius 3 is 2.67 bits per heavy atom. The molecule has 1 aromatic rings. The van der Waals surface area contributed by atoms with Gasteiger partial charge in [-0.25, -0.2) is 4.39 Å². The average Bonchev–Trinajstić information content (AvgIpc) is 2.95. The van der Waals surface area contributed by atoms with Crippen LogP contribution >= 0.6 is 0 Å². The molecule has 1 unspecified atom stereocenters. The molecule has 1 aliphatic carbocycles. The fourth-order valence-corrected chi connectivity index (χ4v) is 2.56. The first-order chi connectivity index (χ1) is 7.34. The molecule has 0 aromatic heterocycles. The molecular formula is C13H16FN. The summed E-state index contributed by atoms with van der Waals surface area (Å²) >= 11 is 0. The van der Waals surface area contributed by atoms with Crippen LogP contribution in [0.15, 0.2) is 18.2 Å². The monoisotopic (exact) mass is 205 g/mol. The number of benzene rings is 1. The Balaban J connectivity index is 1.97. The molecule has 1 atom stereocenters. The zero-order valence-electron chi connectivity index (χ0n) is 8.80. The Labute approximate surface area is 89.7 Å². The highest BCUT2D eigenvalue weighted by molar-refractivity contribution is 5.36. The number of nitrogens with one attached hydrogen (secondary N) is 1. The van der Waals surface area contributed by atoms with E-state index >= 15 is 0 Å². The first kappa shape index (κ1) is 9.34. The molecule has 80 valence electrons. The molecule has 0 spiro atoms. The second-order valence-corrected chi connectivity index (χ2v) is 4.70. The van der Waals surface area contributed by atoms with E-state index in [-0.39, 0.29) is 5.82 Å². The van der Waals surface area contributed by atoms with Gasteiger partial charge < -0.3 is 5.32 Å². The van der Waals surface area contributed by atoms with Gasteiger partial charge in [0.25, 0.3) is 0 Å². The second-order valence-electron chi connectivity index (χ2n) is 4.70. The Morgan fingerprint density at radius 1 is 1.13 bits per heavy atom. The van der Waals surface area contributed by atoms with Crippen LogP contribution in [0.2, 0.25) is 0 Å². The zero-order valence-corrected chi connectivity index (χ0v) is 8.80. The maximum atomic E-state index is 13.2. The van der Waals surface area contributed by atoms with E-state index in [4.69, 9.17) is 0 Å². The van der Waals surface area contributed by atoms with Crippen LogP contribution < -0.4 is 5.32 Å². The zero-order chi connectivity index (χ0) is 10.3. The minimum atomic E-state index is -0.0846. The molecule has 1 heterocycles. The van der Waals surface area contributed by atoms with Crippen molar-refractivity contribution in [2.45, 2.75) is 37.6 Å². The molecule has 3 rings (SSSR count). The minimum absolute atomic E-state index is 0.0846. The van der Waals surface area contributed by atoms with E-state index in [9.17, 15) is 4.39 Å². The van der Waals surface area contributed by atoms with Gasteiger partial charge in [-0.1, -0.05) is 6.07 Å². The molecule has 1 saturated heterocycles. The molecule has 0 radical (unpaired) electrons. The number of hydrogen-bond acceptors (Lipinski definition) is 1. The summed E-state index contributed by atoms with van der Waals surface area (Å²) in [5.74, 6) is 0.553. The van der Waals surface area contributed by atoms with E-state index in [1.54, 1.807) is 12.1 Å². The Kier molecular flexibility index (Phi) is 2.24. The van der Waals surface area contributed by atoms with Crippen LogP contribution in [0, 0.1) is 5.82 Å². The van der Waals surface area contributed by atoms with E-state index in [0.29, 0.717) is 12.0 Å². The van der Waals surface area contributed by atoms with Crippen molar-refractivity contribution in [1.29, 1.82) is 0 Å². The maximum Gasteiger partial charge on any atom is 0.123 e. The third-order valence-electron chi connectivity index (χ3n) is 3.50. The summed E-state index contributed by atoms with van der Waals surface area (Å²) in [6, 6.07) is 5.79. The second kappa shape index (κ2) is 3.60. The molecule has 1 N–H and O–H groups in total. The molecule has 1 saturated carbocycles. The van der Waals surface area contributed by atoms with E-state index < -0.39 is 0 Å². The average molecular weight is 205 g/mol. The van der Waals surface area contributed by atoms with Crippen molar-refractivity contribution in [1.82, 2.24) is 5.32 Å². The SMILES string of the molecule is Fc1ccc(C2CCCN2)c(C2CC2)c1. The molecule has 15 heavy (non-hydrogen) atoms. The molecular weight excluding hydrogens is 189 g/mol. The van der Waals surface area contributed by atoms with Crippen molar-refractivity contribution in [3.63, 3.8) is 0 Å². The summed E-state index contributed by atoms with van der Waals surface area (Å²) in [5, 5.41) is 3.49. The summed E-state index contributed by atoms with van der Waals surface area (Å²) in [6.45, 7) is 1.10. The van der Waals surface area contributed by atoms with Crippen LogP contribution in [0.5, 0.6) is 0 Å². The lowest BCUT2D eigenvalue weighted by atomic mass is 9.96. The molecule has 0 amide bonds. The van der Waals surface area contributed by atoms with Crippen LogP contribution in [0.4, 0.5) is 4.39 Å².